The summed E-state index contributed by atoms with van der Waals surface area (Å²) in [6.45, 7) is 1.96. The van der Waals surface area contributed by atoms with Crippen LogP contribution in [0, 0.1) is 18.8 Å². The number of aromatic nitrogens is 1. The topological polar surface area (TPSA) is 35.0 Å². The van der Waals surface area contributed by atoms with Crippen molar-refractivity contribution >= 4 is 62.7 Å². The fraction of sp³-hybridized carbons (Fsp3) is 0.0294. The van der Waals surface area contributed by atoms with Crippen LogP contribution in [0.5, 0.6) is 0 Å². The van der Waals surface area contributed by atoms with Gasteiger partial charge in [0.15, 0.2) is 0 Å². The summed E-state index contributed by atoms with van der Waals surface area (Å²) in [4.78, 5) is 9.41. The predicted molar refractivity (Wildman–Crippen MR) is 170 cm³/mol. The van der Waals surface area contributed by atoms with Crippen molar-refractivity contribution in [2.75, 3.05) is 16.8 Å². The quantitative estimate of drug-likeness (QED) is 0.155. The van der Waals surface area contributed by atoms with E-state index in [0.29, 0.717) is 0 Å². The first-order chi connectivity index (χ1) is 20.2. The summed E-state index contributed by atoms with van der Waals surface area (Å²) in [5.74, 6) is 0. The molecule has 4 heterocycles. The first-order valence-electron chi connectivity index (χ1n) is 13.6. The van der Waals surface area contributed by atoms with E-state index in [9.17, 15) is 0 Å². The van der Waals surface area contributed by atoms with Gasteiger partial charge in [0.1, 0.15) is 0 Å². The molecule has 5 nitrogen and oxygen atoms in total. The molecule has 1 aromatic heterocycles. The molecular weight excluding hydrogens is 716 g/mol. The second kappa shape index (κ2) is 9.69. The van der Waals surface area contributed by atoms with Gasteiger partial charge in [0.25, 0.3) is 0 Å². The fourth-order valence-electron chi connectivity index (χ4n) is 6.31. The molecule has 0 N–H and O–H groups in total. The molecule has 6 aromatic rings. The van der Waals surface area contributed by atoms with Gasteiger partial charge < -0.3 is 14.7 Å². The molecule has 0 saturated carbocycles. The van der Waals surface area contributed by atoms with Crippen molar-refractivity contribution in [1.82, 2.24) is 9.99 Å². The number of hydrazone groups is 1. The first kappa shape index (κ1) is 25.5. The minimum atomic E-state index is -0.00494. The molecule has 3 aliphatic heterocycles. The van der Waals surface area contributed by atoms with E-state index < -0.39 is 0 Å². The molecule has 0 aliphatic carbocycles. The van der Waals surface area contributed by atoms with Crippen LogP contribution in [0.3, 0.4) is 0 Å². The molecule has 0 atom stereocenters. The normalized spacial score (nSPS) is 14.2. The minimum Gasteiger partial charge on any atom is -0.483 e. The summed E-state index contributed by atoms with van der Waals surface area (Å²) in [5, 5.41) is 7.16. The number of nitrogens with zero attached hydrogens (tertiary/aromatic N) is 5. The molecule has 5 aromatic carbocycles. The molecule has 42 heavy (non-hydrogen) atoms. The molecule has 204 valence electrons. The van der Waals surface area contributed by atoms with Gasteiger partial charge in [-0.05, 0) is 19.2 Å². The standard InChI is InChI=1S/C34H21BN5S.Pt/c1-38-21-39(20-36-38)23-15-17-27-25-9-3-5-11-29(25)35-28-10-4-2-8-24(28)26-16-14-22(18-31(26)40(35)32(27)19-23)34-37-30-12-6-7-13-33(30)41-34;/h2-17,20-21H,1H3;/q-3;. The number of para-hydroxylation sites is 1. The molecule has 9 rings (SSSR count). The zero-order valence-corrected chi connectivity index (χ0v) is 25.5. The van der Waals surface area contributed by atoms with Crippen LogP contribution in [0.2, 0.25) is 0 Å². The van der Waals surface area contributed by atoms with Gasteiger partial charge in [0, 0.05) is 30.8 Å². The van der Waals surface area contributed by atoms with Crippen LogP contribution >= 0.6 is 11.3 Å². The Morgan fingerprint density at radius 3 is 2.12 bits per heavy atom. The predicted octanol–water partition coefficient (Wildman–Crippen LogP) is 6.28. The monoisotopic (exact) mass is 737 g/mol. The average Bonchev–Trinajstić information content (AvgIpc) is 3.67. The van der Waals surface area contributed by atoms with Gasteiger partial charge in [-0.3, -0.25) is 4.98 Å². The van der Waals surface area contributed by atoms with Crippen LogP contribution in [0.15, 0.2) is 102 Å². The molecular formula is C34H21BN5PtS-3. The van der Waals surface area contributed by atoms with E-state index in [4.69, 9.17) is 4.98 Å². The maximum absolute atomic E-state index is 4.96. The van der Waals surface area contributed by atoms with Gasteiger partial charge in [0.05, 0.1) is 11.9 Å². The second-order valence-corrected chi connectivity index (χ2v) is 11.5. The molecule has 8 heteroatoms. The van der Waals surface area contributed by atoms with Crippen molar-refractivity contribution < 1.29 is 21.1 Å². The summed E-state index contributed by atoms with van der Waals surface area (Å²) in [5.41, 5.74) is 12.4. The van der Waals surface area contributed by atoms with Crippen molar-refractivity contribution in [3.05, 3.63) is 116 Å². The van der Waals surface area contributed by atoms with Crippen molar-refractivity contribution in [3.8, 4) is 32.8 Å². The Bertz CT molecular complexity index is 2020. The smallest absolute Gasteiger partial charge is 0.324 e. The fourth-order valence-corrected chi connectivity index (χ4v) is 7.26. The molecule has 0 fully saturated rings. The maximum atomic E-state index is 4.96. The average molecular weight is 738 g/mol. The summed E-state index contributed by atoms with van der Waals surface area (Å²) in [6, 6.07) is 42.2. The Labute approximate surface area is 263 Å². The second-order valence-electron chi connectivity index (χ2n) is 10.5. The van der Waals surface area contributed by atoms with E-state index in [1.165, 1.54) is 32.3 Å². The molecule has 0 amide bonds. The molecule has 0 saturated heterocycles. The molecule has 0 unspecified atom stereocenters. The number of hydrogen-bond donors (Lipinski definition) is 0. The van der Waals surface area contributed by atoms with Crippen molar-refractivity contribution in [1.29, 1.82) is 0 Å². The molecule has 0 bridgehead atoms. The Balaban J connectivity index is 0.00000267. The van der Waals surface area contributed by atoms with E-state index in [-0.39, 0.29) is 27.9 Å². The van der Waals surface area contributed by atoms with E-state index in [1.54, 1.807) is 16.3 Å². The third-order valence-corrected chi connectivity index (χ3v) is 9.19. The van der Waals surface area contributed by atoms with Gasteiger partial charge in [-0.2, -0.15) is 17.4 Å². The number of thiazole rings is 1. The van der Waals surface area contributed by atoms with Crippen molar-refractivity contribution in [2.45, 2.75) is 0 Å². The van der Waals surface area contributed by atoms with Gasteiger partial charge in [-0.25, -0.2) is 5.10 Å². The van der Waals surface area contributed by atoms with Crippen LogP contribution < -0.4 is 20.6 Å². The van der Waals surface area contributed by atoms with Gasteiger partial charge in [-0.1, -0.05) is 99.7 Å². The van der Waals surface area contributed by atoms with E-state index in [1.807, 2.05) is 31.0 Å². The van der Waals surface area contributed by atoms with Gasteiger partial charge in [-0.15, -0.1) is 53.8 Å². The van der Waals surface area contributed by atoms with Crippen LogP contribution in [-0.4, -0.2) is 30.2 Å². The van der Waals surface area contributed by atoms with Crippen molar-refractivity contribution in [3.63, 3.8) is 0 Å². The van der Waals surface area contributed by atoms with Crippen LogP contribution in [0.25, 0.3) is 43.0 Å². The van der Waals surface area contributed by atoms with E-state index in [2.05, 4.69) is 113 Å². The number of anilines is 3. The van der Waals surface area contributed by atoms with Crippen LogP contribution in [-0.2, 0) is 21.1 Å². The van der Waals surface area contributed by atoms with E-state index in [0.717, 1.165) is 38.7 Å². The third kappa shape index (κ3) is 3.73. The number of fused-ring (bicyclic) bond motifs is 12. The summed E-state index contributed by atoms with van der Waals surface area (Å²) >= 11 is 1.71. The molecule has 0 radical (unpaired) electrons. The zero-order chi connectivity index (χ0) is 27.1. The molecule has 0 spiro atoms. The Morgan fingerprint density at radius 1 is 0.738 bits per heavy atom. The Hall–Kier alpha value is -4.19. The Morgan fingerprint density at radius 2 is 1.40 bits per heavy atom. The first-order valence-corrected chi connectivity index (χ1v) is 14.4. The van der Waals surface area contributed by atoms with Crippen LogP contribution in [0.4, 0.5) is 17.1 Å². The number of rotatable bonds is 2. The summed E-state index contributed by atoms with van der Waals surface area (Å²) in [6.07, 6.45) is 1.82. The third-order valence-electron chi connectivity index (χ3n) is 8.12. The van der Waals surface area contributed by atoms with Crippen LogP contribution in [0.1, 0.15) is 0 Å². The minimum absolute atomic E-state index is 0. The maximum Gasteiger partial charge on any atom is 0.324 e. The number of benzene rings is 5. The SMILES string of the molecule is CN1[CH-]N(c2[c-]c3c(cc2)-c2ccccc2B2c4ccccc4-c4ccc(-c5nc6ccccc6s5)[c-]c4N23)C=N1.[Pt]. The summed E-state index contributed by atoms with van der Waals surface area (Å²) < 4.78 is 1.18. The largest absolute Gasteiger partial charge is 0.483 e. The Kier molecular flexibility index (Phi) is 5.89. The molecule has 3 aliphatic rings. The van der Waals surface area contributed by atoms with Gasteiger partial charge in [0.2, 0.25) is 0 Å². The van der Waals surface area contributed by atoms with Crippen molar-refractivity contribution in [2.24, 2.45) is 5.10 Å². The number of hydrogen-bond acceptors (Lipinski definition) is 6. The zero-order valence-electron chi connectivity index (χ0n) is 22.4. The van der Waals surface area contributed by atoms with Gasteiger partial charge >= 0.3 is 6.85 Å². The summed E-state index contributed by atoms with van der Waals surface area (Å²) in [7, 11) is 1.93. The van der Waals surface area contributed by atoms with E-state index >= 15 is 0 Å².